The summed E-state index contributed by atoms with van der Waals surface area (Å²) < 4.78 is 0. The molecule has 0 saturated carbocycles. The van der Waals surface area contributed by atoms with Gasteiger partial charge in [-0.2, -0.15) is 0 Å². The zero-order chi connectivity index (χ0) is 21.8. The van der Waals surface area contributed by atoms with Gasteiger partial charge in [-0.25, -0.2) is 4.79 Å². The van der Waals surface area contributed by atoms with Gasteiger partial charge < -0.3 is 4.90 Å². The first-order chi connectivity index (χ1) is 14.9. The van der Waals surface area contributed by atoms with Gasteiger partial charge in [0.2, 0.25) is 0 Å². The molecule has 0 spiro atoms. The van der Waals surface area contributed by atoms with Crippen LogP contribution in [0.2, 0.25) is 0 Å². The van der Waals surface area contributed by atoms with Crippen molar-refractivity contribution in [2.75, 3.05) is 4.90 Å². The Hall–Kier alpha value is -3.71. The Bertz CT molecular complexity index is 1250. The fraction of sp³-hybridized carbons (Fsp3) is 0.125. The van der Waals surface area contributed by atoms with Crippen LogP contribution < -0.4 is 15.5 Å². The summed E-state index contributed by atoms with van der Waals surface area (Å²) in [6, 6.07) is 19.6. The van der Waals surface area contributed by atoms with Gasteiger partial charge in [0.1, 0.15) is 10.6 Å². The highest BCUT2D eigenvalue weighted by Crippen LogP contribution is 2.55. The summed E-state index contributed by atoms with van der Waals surface area (Å²) in [5.74, 6) is -1.38. The van der Waals surface area contributed by atoms with Crippen LogP contribution in [0.4, 0.5) is 21.2 Å². The second-order valence-electron chi connectivity index (χ2n) is 7.98. The molecular formula is C24H19N3O3S. The highest BCUT2D eigenvalue weighted by atomic mass is 32.1. The number of nitrogens with zero attached hydrogens (tertiary/aromatic N) is 1. The van der Waals surface area contributed by atoms with Crippen molar-refractivity contribution in [2.45, 2.75) is 19.3 Å². The number of benzene rings is 2. The first-order valence-electron chi connectivity index (χ1n) is 9.83. The summed E-state index contributed by atoms with van der Waals surface area (Å²) in [6.07, 6.45) is 1.55. The van der Waals surface area contributed by atoms with E-state index < -0.39 is 17.8 Å². The maximum atomic E-state index is 12.2. The van der Waals surface area contributed by atoms with Gasteiger partial charge in [0, 0.05) is 16.0 Å². The molecule has 0 aliphatic carbocycles. The van der Waals surface area contributed by atoms with Crippen LogP contribution >= 0.6 is 11.3 Å². The maximum absolute atomic E-state index is 12.2. The summed E-state index contributed by atoms with van der Waals surface area (Å²) in [5.41, 5.74) is 4.09. The van der Waals surface area contributed by atoms with E-state index in [-0.39, 0.29) is 11.0 Å². The highest BCUT2D eigenvalue weighted by Gasteiger charge is 2.38. The number of urea groups is 1. The molecule has 7 heteroatoms. The molecule has 5 rings (SSSR count). The average molecular weight is 430 g/mol. The standard InChI is InChI=1S/C24H19N3O3S/c1-24(2)17-10-6-7-11-19(17)27(14-8-4-3-5-9-14)22-18(24)13-15(31-22)12-16-20(28)25-23(30)26-21(16)29/h3-13H,1-2H3,(H2,25,26,28,29,30). The van der Waals surface area contributed by atoms with E-state index in [9.17, 15) is 14.4 Å². The average Bonchev–Trinajstić information content (AvgIpc) is 3.16. The molecule has 3 aromatic rings. The molecule has 2 N–H and O–H groups in total. The second-order valence-corrected chi connectivity index (χ2v) is 9.04. The molecule has 6 nitrogen and oxygen atoms in total. The number of rotatable bonds is 2. The van der Waals surface area contributed by atoms with Crippen LogP contribution in [0.3, 0.4) is 0 Å². The van der Waals surface area contributed by atoms with Gasteiger partial charge in [-0.15, -0.1) is 11.3 Å². The summed E-state index contributed by atoms with van der Waals surface area (Å²) >= 11 is 1.51. The van der Waals surface area contributed by atoms with Crippen LogP contribution in [0.15, 0.2) is 66.2 Å². The lowest BCUT2D eigenvalue weighted by molar-refractivity contribution is -0.123. The minimum atomic E-state index is -0.801. The second kappa shape index (κ2) is 6.92. The van der Waals surface area contributed by atoms with Crippen LogP contribution in [0, 0.1) is 0 Å². The van der Waals surface area contributed by atoms with Gasteiger partial charge in [0.05, 0.1) is 5.69 Å². The van der Waals surface area contributed by atoms with Gasteiger partial charge in [0.15, 0.2) is 0 Å². The lowest BCUT2D eigenvalue weighted by Gasteiger charge is -2.39. The number of carbonyl (C=O) groups is 3. The van der Waals surface area contributed by atoms with Crippen molar-refractivity contribution in [3.05, 3.63) is 82.2 Å². The fourth-order valence-corrected chi connectivity index (χ4v) is 5.41. The van der Waals surface area contributed by atoms with Crippen LogP contribution in [0.5, 0.6) is 0 Å². The van der Waals surface area contributed by atoms with Crippen molar-refractivity contribution in [3.8, 4) is 0 Å². The molecule has 2 aliphatic rings. The number of amides is 4. The van der Waals surface area contributed by atoms with Crippen LogP contribution in [0.25, 0.3) is 6.08 Å². The van der Waals surface area contributed by atoms with Crippen molar-refractivity contribution < 1.29 is 14.4 Å². The topological polar surface area (TPSA) is 78.5 Å². The predicted octanol–water partition coefficient (Wildman–Crippen LogP) is 4.61. The number of hydrogen-bond donors (Lipinski definition) is 2. The molecule has 31 heavy (non-hydrogen) atoms. The number of barbiturate groups is 1. The molecule has 1 saturated heterocycles. The van der Waals surface area contributed by atoms with Crippen molar-refractivity contribution >= 4 is 51.6 Å². The molecule has 0 atom stereocenters. The fourth-order valence-electron chi connectivity index (χ4n) is 4.12. The molecule has 3 heterocycles. The molecule has 4 amide bonds. The van der Waals surface area contributed by atoms with Crippen molar-refractivity contribution in [1.82, 2.24) is 10.6 Å². The van der Waals surface area contributed by atoms with E-state index in [0.29, 0.717) is 0 Å². The van der Waals surface area contributed by atoms with E-state index in [1.807, 2.05) is 36.4 Å². The van der Waals surface area contributed by atoms with Crippen LogP contribution in [0.1, 0.15) is 29.9 Å². The van der Waals surface area contributed by atoms with E-state index >= 15 is 0 Å². The summed E-state index contributed by atoms with van der Waals surface area (Å²) in [5, 5.41) is 5.28. The third-order valence-electron chi connectivity index (χ3n) is 5.67. The zero-order valence-corrected chi connectivity index (χ0v) is 17.7. The van der Waals surface area contributed by atoms with E-state index in [1.165, 1.54) is 16.9 Å². The number of para-hydroxylation sites is 2. The summed E-state index contributed by atoms with van der Waals surface area (Å²) in [4.78, 5) is 38.7. The SMILES string of the molecule is CC1(C)c2ccccc2N(c2ccccc2)c2sc(C=C3C(=O)NC(=O)NC3=O)cc21. The quantitative estimate of drug-likeness (QED) is 0.461. The lowest BCUT2D eigenvalue weighted by atomic mass is 9.75. The van der Waals surface area contributed by atoms with E-state index in [2.05, 4.69) is 53.6 Å². The largest absolute Gasteiger partial charge is 0.328 e. The third kappa shape index (κ3) is 3.05. The van der Waals surface area contributed by atoms with Crippen LogP contribution in [-0.4, -0.2) is 17.8 Å². The summed E-state index contributed by atoms with van der Waals surface area (Å²) in [6.45, 7) is 4.35. The Morgan fingerprint density at radius 1 is 0.871 bits per heavy atom. The van der Waals surface area contributed by atoms with E-state index in [0.717, 1.165) is 26.8 Å². The molecule has 0 bridgehead atoms. The minimum Gasteiger partial charge on any atom is -0.301 e. The molecule has 1 fully saturated rings. The van der Waals surface area contributed by atoms with Gasteiger partial charge in [-0.3, -0.25) is 20.2 Å². The molecule has 0 radical (unpaired) electrons. The number of anilines is 3. The van der Waals surface area contributed by atoms with Gasteiger partial charge in [-0.05, 0) is 41.5 Å². The third-order valence-corrected chi connectivity index (χ3v) is 6.74. The first kappa shape index (κ1) is 19.3. The number of carbonyl (C=O) groups excluding carboxylic acids is 3. The molecule has 0 unspecified atom stereocenters. The highest BCUT2D eigenvalue weighted by molar-refractivity contribution is 7.17. The Morgan fingerprint density at radius 3 is 2.23 bits per heavy atom. The van der Waals surface area contributed by atoms with Gasteiger partial charge >= 0.3 is 6.03 Å². The van der Waals surface area contributed by atoms with Crippen LogP contribution in [-0.2, 0) is 15.0 Å². The summed E-state index contributed by atoms with van der Waals surface area (Å²) in [7, 11) is 0. The monoisotopic (exact) mass is 429 g/mol. The molecule has 2 aliphatic heterocycles. The zero-order valence-electron chi connectivity index (χ0n) is 16.9. The molecule has 154 valence electrons. The molecule has 2 aromatic carbocycles. The number of nitrogens with one attached hydrogen (secondary N) is 2. The minimum absolute atomic E-state index is 0.0835. The Morgan fingerprint density at radius 2 is 1.52 bits per heavy atom. The van der Waals surface area contributed by atoms with Crippen molar-refractivity contribution in [2.24, 2.45) is 0 Å². The Kier molecular flexibility index (Phi) is 4.30. The van der Waals surface area contributed by atoms with Gasteiger partial charge in [0.25, 0.3) is 11.8 Å². The normalized spacial score (nSPS) is 16.9. The lowest BCUT2D eigenvalue weighted by Crippen LogP contribution is -2.51. The number of thiophene rings is 1. The maximum Gasteiger partial charge on any atom is 0.328 e. The predicted molar refractivity (Wildman–Crippen MR) is 121 cm³/mol. The van der Waals surface area contributed by atoms with E-state index in [1.54, 1.807) is 6.08 Å². The van der Waals surface area contributed by atoms with Crippen molar-refractivity contribution in [3.63, 3.8) is 0 Å². The first-order valence-corrected chi connectivity index (χ1v) is 10.7. The molecular weight excluding hydrogens is 410 g/mol. The smallest absolute Gasteiger partial charge is 0.301 e. The Balaban J connectivity index is 1.69. The number of hydrogen-bond acceptors (Lipinski definition) is 5. The Labute approximate surface area is 183 Å². The van der Waals surface area contributed by atoms with Crippen molar-refractivity contribution in [1.29, 1.82) is 0 Å². The molecule has 1 aromatic heterocycles. The van der Waals surface area contributed by atoms with E-state index in [4.69, 9.17) is 0 Å². The van der Waals surface area contributed by atoms with Gasteiger partial charge in [-0.1, -0.05) is 50.2 Å². The number of fused-ring (bicyclic) bond motifs is 2. The number of imide groups is 2.